The average molecular weight is 332 g/mol. The molecule has 1 N–H and O–H groups in total. The number of hydrogen-bond donors (Lipinski definition) is 1. The zero-order valence-electron chi connectivity index (χ0n) is 13.8. The van der Waals surface area contributed by atoms with Crippen molar-refractivity contribution >= 4 is 11.8 Å². The number of halogens is 1. The van der Waals surface area contributed by atoms with Gasteiger partial charge in [-0.25, -0.2) is 14.2 Å². The van der Waals surface area contributed by atoms with Crippen molar-refractivity contribution in [3.63, 3.8) is 0 Å². The molecule has 6 heteroatoms. The SMILES string of the molecule is COCCCN(Cc1ccc(F)cc1)c1nccc(C)c1C(=O)O. The van der Waals surface area contributed by atoms with Crippen molar-refractivity contribution in [2.24, 2.45) is 0 Å². The van der Waals surface area contributed by atoms with Gasteiger partial charge in [-0.05, 0) is 42.7 Å². The number of aromatic carboxylic acids is 1. The van der Waals surface area contributed by atoms with E-state index in [-0.39, 0.29) is 11.4 Å². The Morgan fingerprint density at radius 2 is 2.00 bits per heavy atom. The van der Waals surface area contributed by atoms with E-state index < -0.39 is 5.97 Å². The largest absolute Gasteiger partial charge is 0.478 e. The number of anilines is 1. The Morgan fingerprint density at radius 1 is 1.29 bits per heavy atom. The van der Waals surface area contributed by atoms with E-state index in [1.165, 1.54) is 12.1 Å². The van der Waals surface area contributed by atoms with E-state index in [1.807, 2.05) is 4.90 Å². The summed E-state index contributed by atoms with van der Waals surface area (Å²) in [4.78, 5) is 17.8. The fraction of sp³-hybridized carbons (Fsp3) is 0.333. The molecule has 0 saturated carbocycles. The predicted octanol–water partition coefficient (Wildman–Crippen LogP) is 3.27. The minimum atomic E-state index is -1.01. The van der Waals surface area contributed by atoms with Gasteiger partial charge in [0.25, 0.3) is 0 Å². The number of aryl methyl sites for hydroxylation is 1. The molecule has 128 valence electrons. The van der Waals surface area contributed by atoms with Gasteiger partial charge in [0.05, 0.1) is 0 Å². The van der Waals surface area contributed by atoms with Crippen LogP contribution in [0.15, 0.2) is 36.5 Å². The highest BCUT2D eigenvalue weighted by Gasteiger charge is 2.20. The number of methoxy groups -OCH3 is 1. The normalized spacial score (nSPS) is 10.6. The molecule has 0 aliphatic carbocycles. The molecule has 1 aromatic carbocycles. The van der Waals surface area contributed by atoms with Crippen molar-refractivity contribution in [1.29, 1.82) is 0 Å². The molecule has 0 saturated heterocycles. The third-order valence-corrected chi connectivity index (χ3v) is 3.72. The average Bonchev–Trinajstić information content (AvgIpc) is 2.55. The maximum Gasteiger partial charge on any atom is 0.339 e. The summed E-state index contributed by atoms with van der Waals surface area (Å²) in [5.41, 5.74) is 1.73. The molecule has 5 nitrogen and oxygen atoms in total. The lowest BCUT2D eigenvalue weighted by molar-refractivity contribution is 0.0696. The van der Waals surface area contributed by atoms with Crippen molar-refractivity contribution in [3.05, 3.63) is 59.0 Å². The molecule has 2 rings (SSSR count). The first-order chi connectivity index (χ1) is 11.5. The number of benzene rings is 1. The molecule has 1 aromatic heterocycles. The highest BCUT2D eigenvalue weighted by Crippen LogP contribution is 2.23. The van der Waals surface area contributed by atoms with Crippen molar-refractivity contribution in [3.8, 4) is 0 Å². The van der Waals surface area contributed by atoms with Gasteiger partial charge in [0.15, 0.2) is 0 Å². The van der Waals surface area contributed by atoms with Crippen molar-refractivity contribution < 1.29 is 19.0 Å². The summed E-state index contributed by atoms with van der Waals surface area (Å²) in [5, 5.41) is 9.53. The van der Waals surface area contributed by atoms with Crippen LogP contribution in [0, 0.1) is 12.7 Å². The summed E-state index contributed by atoms with van der Waals surface area (Å²) in [6.07, 6.45) is 2.33. The smallest absolute Gasteiger partial charge is 0.339 e. The molecule has 0 radical (unpaired) electrons. The fourth-order valence-corrected chi connectivity index (χ4v) is 2.52. The summed E-state index contributed by atoms with van der Waals surface area (Å²) >= 11 is 0. The Bertz CT molecular complexity index is 689. The van der Waals surface area contributed by atoms with E-state index >= 15 is 0 Å². The molecule has 0 aliphatic rings. The monoisotopic (exact) mass is 332 g/mol. The fourth-order valence-electron chi connectivity index (χ4n) is 2.52. The topological polar surface area (TPSA) is 62.7 Å². The molecule has 0 atom stereocenters. The van der Waals surface area contributed by atoms with Gasteiger partial charge in [0, 0.05) is 33.0 Å². The van der Waals surface area contributed by atoms with Crippen LogP contribution in [0.1, 0.15) is 27.9 Å². The quantitative estimate of drug-likeness (QED) is 0.752. The summed E-state index contributed by atoms with van der Waals surface area (Å²) in [6.45, 7) is 3.34. The molecule has 1 heterocycles. The van der Waals surface area contributed by atoms with Crippen LogP contribution in [0.4, 0.5) is 10.2 Å². The third-order valence-electron chi connectivity index (χ3n) is 3.72. The van der Waals surface area contributed by atoms with Gasteiger partial charge in [0.1, 0.15) is 17.2 Å². The standard InChI is InChI=1S/C18H21FN2O3/c1-13-8-9-20-17(16(13)18(22)23)21(10-3-11-24-2)12-14-4-6-15(19)7-5-14/h4-9H,3,10-12H2,1-2H3,(H,22,23). The lowest BCUT2D eigenvalue weighted by atomic mass is 10.1. The molecule has 0 amide bonds. The second-order valence-corrected chi connectivity index (χ2v) is 5.53. The summed E-state index contributed by atoms with van der Waals surface area (Å²) < 4.78 is 18.2. The molecule has 0 spiro atoms. The lowest BCUT2D eigenvalue weighted by Crippen LogP contribution is -2.28. The Hall–Kier alpha value is -2.47. The number of ether oxygens (including phenoxy) is 1. The molecular weight excluding hydrogens is 311 g/mol. The number of hydrogen-bond acceptors (Lipinski definition) is 4. The minimum absolute atomic E-state index is 0.192. The van der Waals surface area contributed by atoms with Crippen LogP contribution in [0.5, 0.6) is 0 Å². The Labute approximate surface area is 140 Å². The minimum Gasteiger partial charge on any atom is -0.478 e. The molecule has 2 aromatic rings. The van der Waals surface area contributed by atoms with E-state index in [4.69, 9.17) is 4.74 Å². The summed E-state index contributed by atoms with van der Waals surface area (Å²) in [7, 11) is 1.62. The lowest BCUT2D eigenvalue weighted by Gasteiger charge is -2.26. The highest BCUT2D eigenvalue weighted by atomic mass is 19.1. The maximum absolute atomic E-state index is 13.1. The Balaban J connectivity index is 2.33. The van der Waals surface area contributed by atoms with Crippen LogP contribution in [-0.4, -0.2) is 36.3 Å². The van der Waals surface area contributed by atoms with Gasteiger partial charge < -0.3 is 14.7 Å². The van der Waals surface area contributed by atoms with E-state index in [0.29, 0.717) is 31.1 Å². The first-order valence-electron chi connectivity index (χ1n) is 7.70. The number of carboxylic acids is 1. The van der Waals surface area contributed by atoms with Gasteiger partial charge in [-0.15, -0.1) is 0 Å². The number of nitrogens with zero attached hydrogens (tertiary/aromatic N) is 2. The maximum atomic E-state index is 13.1. The number of aromatic nitrogens is 1. The van der Waals surface area contributed by atoms with E-state index in [9.17, 15) is 14.3 Å². The summed E-state index contributed by atoms with van der Waals surface area (Å²) in [6, 6.07) is 7.84. The zero-order chi connectivity index (χ0) is 17.5. The highest BCUT2D eigenvalue weighted by molar-refractivity contribution is 5.94. The van der Waals surface area contributed by atoms with E-state index in [1.54, 1.807) is 38.4 Å². The molecule has 0 unspecified atom stereocenters. The zero-order valence-corrected chi connectivity index (χ0v) is 13.8. The molecule has 24 heavy (non-hydrogen) atoms. The third kappa shape index (κ3) is 4.52. The molecule has 0 fully saturated rings. The molecule has 0 bridgehead atoms. The number of carbonyl (C=O) groups is 1. The van der Waals surface area contributed by atoms with Crippen LogP contribution in [0.3, 0.4) is 0 Å². The van der Waals surface area contributed by atoms with Crippen LogP contribution >= 0.6 is 0 Å². The van der Waals surface area contributed by atoms with Gasteiger partial charge in [-0.1, -0.05) is 12.1 Å². The van der Waals surface area contributed by atoms with Crippen LogP contribution in [-0.2, 0) is 11.3 Å². The van der Waals surface area contributed by atoms with Crippen molar-refractivity contribution in [2.45, 2.75) is 19.9 Å². The van der Waals surface area contributed by atoms with Gasteiger partial charge in [0.2, 0.25) is 0 Å². The van der Waals surface area contributed by atoms with E-state index in [2.05, 4.69) is 4.98 Å². The van der Waals surface area contributed by atoms with Gasteiger partial charge in [-0.2, -0.15) is 0 Å². The second-order valence-electron chi connectivity index (χ2n) is 5.53. The van der Waals surface area contributed by atoms with Crippen LogP contribution in [0.25, 0.3) is 0 Å². The van der Waals surface area contributed by atoms with Crippen LogP contribution < -0.4 is 4.90 Å². The molecule has 0 aliphatic heterocycles. The van der Waals surface area contributed by atoms with Crippen LogP contribution in [0.2, 0.25) is 0 Å². The predicted molar refractivity (Wildman–Crippen MR) is 89.9 cm³/mol. The number of rotatable bonds is 8. The summed E-state index contributed by atoms with van der Waals surface area (Å²) in [5.74, 6) is -0.890. The number of carboxylic acid groups (broad SMARTS) is 1. The molecular formula is C18H21FN2O3. The van der Waals surface area contributed by atoms with Gasteiger partial charge >= 0.3 is 5.97 Å². The van der Waals surface area contributed by atoms with Crippen molar-refractivity contribution in [2.75, 3.05) is 25.2 Å². The Morgan fingerprint density at radius 3 is 2.62 bits per heavy atom. The van der Waals surface area contributed by atoms with Gasteiger partial charge in [-0.3, -0.25) is 0 Å². The van der Waals surface area contributed by atoms with Crippen molar-refractivity contribution in [1.82, 2.24) is 4.98 Å². The first kappa shape index (κ1) is 17.9. The Kier molecular flexibility index (Phi) is 6.26. The second kappa shape index (κ2) is 8.40. The first-order valence-corrected chi connectivity index (χ1v) is 7.70. The number of pyridine rings is 1. The van der Waals surface area contributed by atoms with E-state index in [0.717, 1.165) is 12.0 Å².